The summed E-state index contributed by atoms with van der Waals surface area (Å²) in [5, 5.41) is 9.14. The number of alkyl halides is 3. The minimum atomic E-state index is -4.57. The molecule has 6 heteroatoms. The number of carboxylic acid groups (broad SMARTS) is 1. The first-order chi connectivity index (χ1) is 7.88. The Hall–Kier alpha value is -1.59. The summed E-state index contributed by atoms with van der Waals surface area (Å²) in [6, 6.07) is 1.16. The van der Waals surface area contributed by atoms with Crippen LogP contribution in [0.3, 0.4) is 0 Å². The Morgan fingerprint density at radius 3 is 2.47 bits per heavy atom. The SMILES string of the molecule is O=C(O)C1(c2ccncc2C(F)(F)F)CCC1. The fourth-order valence-electron chi connectivity index (χ4n) is 2.17. The third kappa shape index (κ3) is 1.77. The van der Waals surface area contributed by atoms with E-state index in [9.17, 15) is 18.0 Å². The molecule has 1 aromatic rings. The number of aliphatic carboxylic acids is 1. The van der Waals surface area contributed by atoms with Gasteiger partial charge < -0.3 is 5.11 Å². The molecule has 1 fully saturated rings. The third-order valence-corrected chi connectivity index (χ3v) is 3.26. The molecule has 1 heterocycles. The molecule has 1 aliphatic rings. The fraction of sp³-hybridized carbons (Fsp3) is 0.455. The molecule has 1 N–H and O–H groups in total. The van der Waals surface area contributed by atoms with E-state index in [0.717, 1.165) is 6.07 Å². The average Bonchev–Trinajstić information content (AvgIpc) is 2.14. The Morgan fingerprint density at radius 2 is 2.06 bits per heavy atom. The number of carboxylic acids is 1. The largest absolute Gasteiger partial charge is 0.481 e. The lowest BCUT2D eigenvalue weighted by Crippen LogP contribution is -2.43. The van der Waals surface area contributed by atoms with Crippen molar-refractivity contribution >= 4 is 5.97 Å². The van der Waals surface area contributed by atoms with E-state index in [1.165, 1.54) is 6.20 Å². The van der Waals surface area contributed by atoms with Crippen molar-refractivity contribution < 1.29 is 23.1 Å². The van der Waals surface area contributed by atoms with Gasteiger partial charge in [0.15, 0.2) is 0 Å². The first kappa shape index (κ1) is 11.9. The van der Waals surface area contributed by atoms with Gasteiger partial charge in [0.1, 0.15) is 0 Å². The highest BCUT2D eigenvalue weighted by atomic mass is 19.4. The molecule has 1 saturated carbocycles. The average molecular weight is 245 g/mol. The predicted molar refractivity (Wildman–Crippen MR) is 52.4 cm³/mol. The normalized spacial score (nSPS) is 18.5. The van der Waals surface area contributed by atoms with Gasteiger partial charge in [-0.2, -0.15) is 13.2 Å². The summed E-state index contributed by atoms with van der Waals surface area (Å²) >= 11 is 0. The predicted octanol–water partition coefficient (Wildman–Crippen LogP) is 2.61. The summed E-state index contributed by atoms with van der Waals surface area (Å²) in [7, 11) is 0. The first-order valence-corrected chi connectivity index (χ1v) is 5.13. The molecule has 1 aliphatic carbocycles. The zero-order valence-corrected chi connectivity index (χ0v) is 8.79. The Bertz CT molecular complexity index is 452. The lowest BCUT2D eigenvalue weighted by molar-refractivity contribution is -0.149. The molecule has 0 saturated heterocycles. The van der Waals surface area contributed by atoms with Gasteiger partial charge in [-0.05, 0) is 24.5 Å². The third-order valence-electron chi connectivity index (χ3n) is 3.26. The van der Waals surface area contributed by atoms with Crippen molar-refractivity contribution in [3.8, 4) is 0 Å². The molecule has 92 valence electrons. The van der Waals surface area contributed by atoms with Crippen molar-refractivity contribution in [1.82, 2.24) is 4.98 Å². The van der Waals surface area contributed by atoms with Gasteiger partial charge in [0.05, 0.1) is 11.0 Å². The molecule has 0 spiro atoms. The van der Waals surface area contributed by atoms with E-state index in [4.69, 9.17) is 5.11 Å². The van der Waals surface area contributed by atoms with Crippen LogP contribution in [0.15, 0.2) is 18.5 Å². The van der Waals surface area contributed by atoms with Gasteiger partial charge in [0.2, 0.25) is 0 Å². The van der Waals surface area contributed by atoms with Crippen molar-refractivity contribution in [2.75, 3.05) is 0 Å². The monoisotopic (exact) mass is 245 g/mol. The number of hydrogen-bond donors (Lipinski definition) is 1. The minimum absolute atomic E-state index is 0.168. The van der Waals surface area contributed by atoms with Crippen LogP contribution in [-0.2, 0) is 16.4 Å². The summed E-state index contributed by atoms with van der Waals surface area (Å²) in [4.78, 5) is 14.6. The number of halogens is 3. The number of nitrogens with zero attached hydrogens (tertiary/aromatic N) is 1. The van der Waals surface area contributed by atoms with E-state index < -0.39 is 23.1 Å². The molecule has 0 aromatic carbocycles. The first-order valence-electron chi connectivity index (χ1n) is 5.13. The maximum atomic E-state index is 12.8. The second-order valence-corrected chi connectivity index (χ2v) is 4.16. The van der Waals surface area contributed by atoms with E-state index in [1.807, 2.05) is 0 Å². The molecule has 0 unspecified atom stereocenters. The van der Waals surface area contributed by atoms with Crippen LogP contribution in [-0.4, -0.2) is 16.1 Å². The summed E-state index contributed by atoms with van der Waals surface area (Å²) in [6.45, 7) is 0. The van der Waals surface area contributed by atoms with Crippen LogP contribution in [0, 0.1) is 0 Å². The molecule has 0 bridgehead atoms. The number of pyridine rings is 1. The summed E-state index contributed by atoms with van der Waals surface area (Å²) in [5.41, 5.74) is -2.49. The summed E-state index contributed by atoms with van der Waals surface area (Å²) in [6.07, 6.45) is -1.55. The minimum Gasteiger partial charge on any atom is -0.481 e. The van der Waals surface area contributed by atoms with Crippen molar-refractivity contribution in [2.45, 2.75) is 30.9 Å². The topological polar surface area (TPSA) is 50.2 Å². The summed E-state index contributed by atoms with van der Waals surface area (Å²) in [5.74, 6) is -1.19. The highest BCUT2D eigenvalue weighted by Gasteiger charge is 2.50. The van der Waals surface area contributed by atoms with Gasteiger partial charge in [-0.1, -0.05) is 6.42 Å². The van der Waals surface area contributed by atoms with Crippen LogP contribution in [0.1, 0.15) is 30.4 Å². The highest BCUT2D eigenvalue weighted by Crippen LogP contribution is 2.47. The van der Waals surface area contributed by atoms with Gasteiger partial charge in [-0.3, -0.25) is 9.78 Å². The van der Waals surface area contributed by atoms with E-state index in [0.29, 0.717) is 12.6 Å². The van der Waals surface area contributed by atoms with Crippen LogP contribution in [0.2, 0.25) is 0 Å². The Kier molecular flexibility index (Phi) is 2.60. The number of aromatic nitrogens is 1. The quantitative estimate of drug-likeness (QED) is 0.871. The van der Waals surface area contributed by atoms with Crippen LogP contribution in [0.25, 0.3) is 0 Å². The standard InChI is InChI=1S/C11H10F3NO2/c12-11(13,14)8-6-15-5-2-7(8)10(9(16)17)3-1-4-10/h2,5-6H,1,3-4H2,(H,16,17). The molecule has 1 aromatic heterocycles. The van der Waals surface area contributed by atoms with Gasteiger partial charge in [-0.25, -0.2) is 0 Å². The van der Waals surface area contributed by atoms with Crippen LogP contribution in [0.5, 0.6) is 0 Å². The van der Waals surface area contributed by atoms with Crippen molar-refractivity contribution in [3.63, 3.8) is 0 Å². The smallest absolute Gasteiger partial charge is 0.418 e. The summed E-state index contributed by atoms with van der Waals surface area (Å²) < 4.78 is 38.3. The molecule has 0 radical (unpaired) electrons. The second kappa shape index (κ2) is 3.72. The molecule has 3 nitrogen and oxygen atoms in total. The lowest BCUT2D eigenvalue weighted by atomic mass is 9.63. The molecule has 17 heavy (non-hydrogen) atoms. The number of hydrogen-bond acceptors (Lipinski definition) is 2. The van der Waals surface area contributed by atoms with Crippen LogP contribution < -0.4 is 0 Å². The maximum absolute atomic E-state index is 12.8. The van der Waals surface area contributed by atoms with Crippen LogP contribution >= 0.6 is 0 Å². The highest BCUT2D eigenvalue weighted by molar-refractivity contribution is 5.83. The van der Waals surface area contributed by atoms with Crippen molar-refractivity contribution in [2.24, 2.45) is 0 Å². The van der Waals surface area contributed by atoms with E-state index >= 15 is 0 Å². The zero-order chi connectivity index (χ0) is 12.7. The van der Waals surface area contributed by atoms with Gasteiger partial charge in [0, 0.05) is 12.4 Å². The number of rotatable bonds is 2. The van der Waals surface area contributed by atoms with Gasteiger partial charge >= 0.3 is 12.1 Å². The number of carbonyl (C=O) groups is 1. The maximum Gasteiger partial charge on any atom is 0.418 e. The molecular formula is C11H10F3NO2. The molecule has 0 atom stereocenters. The Labute approximate surface area is 95.3 Å². The van der Waals surface area contributed by atoms with Gasteiger partial charge in [0.25, 0.3) is 0 Å². The van der Waals surface area contributed by atoms with Gasteiger partial charge in [-0.15, -0.1) is 0 Å². The molecule has 2 rings (SSSR count). The molecule has 0 amide bonds. The second-order valence-electron chi connectivity index (χ2n) is 4.16. The molecule has 0 aliphatic heterocycles. The van der Waals surface area contributed by atoms with Crippen LogP contribution in [0.4, 0.5) is 13.2 Å². The van der Waals surface area contributed by atoms with E-state index in [-0.39, 0.29) is 18.4 Å². The zero-order valence-electron chi connectivity index (χ0n) is 8.79. The fourth-order valence-corrected chi connectivity index (χ4v) is 2.17. The van der Waals surface area contributed by atoms with E-state index in [1.54, 1.807) is 0 Å². The van der Waals surface area contributed by atoms with Crippen molar-refractivity contribution in [1.29, 1.82) is 0 Å². The molecular weight excluding hydrogens is 235 g/mol. The lowest BCUT2D eigenvalue weighted by Gasteiger charge is -2.39. The Balaban J connectivity index is 2.56. The Morgan fingerprint density at radius 1 is 1.41 bits per heavy atom. The van der Waals surface area contributed by atoms with Crippen molar-refractivity contribution in [3.05, 3.63) is 29.6 Å². The van der Waals surface area contributed by atoms with E-state index in [2.05, 4.69) is 4.98 Å².